The number of hydrogen-bond donors (Lipinski definition) is 2. The second kappa shape index (κ2) is 5.05. The first-order valence-corrected chi connectivity index (χ1v) is 6.11. The molecular weight excluding hydrogens is 251 g/mol. The summed E-state index contributed by atoms with van der Waals surface area (Å²) in [7, 11) is 0. The van der Waals surface area contributed by atoms with Crippen molar-refractivity contribution in [3.63, 3.8) is 0 Å². The van der Waals surface area contributed by atoms with Crippen LogP contribution in [-0.4, -0.2) is 36.4 Å². The smallest absolute Gasteiger partial charge is 0.337 e. The number of nitrogens with two attached hydrogens (primary N) is 1. The Kier molecular flexibility index (Phi) is 3.61. The number of aromatic carboxylic acids is 1. The highest BCUT2D eigenvalue weighted by Crippen LogP contribution is 2.28. The standard InChI is InChI=1S/C13H17FN2O3/c1-7-5-16(6-8(2)19-7)12-3-9(13(17)18)11(15)4-10(12)14/h3-4,7-8H,5-6,15H2,1-2H3,(H,17,18). The van der Waals surface area contributed by atoms with E-state index in [2.05, 4.69) is 0 Å². The average Bonchev–Trinajstić information content (AvgIpc) is 2.26. The summed E-state index contributed by atoms with van der Waals surface area (Å²) in [6, 6.07) is 2.35. The van der Waals surface area contributed by atoms with E-state index in [-0.39, 0.29) is 29.1 Å². The molecule has 0 spiro atoms. The van der Waals surface area contributed by atoms with Crippen LogP contribution in [0.5, 0.6) is 0 Å². The topological polar surface area (TPSA) is 75.8 Å². The molecular formula is C13H17FN2O3. The van der Waals surface area contributed by atoms with Crippen molar-refractivity contribution in [2.75, 3.05) is 23.7 Å². The molecule has 2 atom stereocenters. The first-order valence-electron chi connectivity index (χ1n) is 6.11. The number of nitrogens with zero attached hydrogens (tertiary/aromatic N) is 1. The molecule has 19 heavy (non-hydrogen) atoms. The lowest BCUT2D eigenvalue weighted by molar-refractivity contribution is -0.00539. The van der Waals surface area contributed by atoms with Crippen molar-refractivity contribution in [2.45, 2.75) is 26.1 Å². The summed E-state index contributed by atoms with van der Waals surface area (Å²) in [5, 5.41) is 9.04. The zero-order valence-corrected chi connectivity index (χ0v) is 10.9. The fraction of sp³-hybridized carbons (Fsp3) is 0.462. The second-order valence-corrected chi connectivity index (χ2v) is 4.86. The van der Waals surface area contributed by atoms with E-state index in [1.807, 2.05) is 13.8 Å². The van der Waals surface area contributed by atoms with Crippen molar-refractivity contribution in [3.05, 3.63) is 23.5 Å². The first-order chi connectivity index (χ1) is 8.88. The van der Waals surface area contributed by atoms with E-state index < -0.39 is 11.8 Å². The number of carbonyl (C=O) groups is 1. The van der Waals surface area contributed by atoms with Gasteiger partial charge in [0.05, 0.1) is 23.5 Å². The molecule has 5 nitrogen and oxygen atoms in total. The van der Waals surface area contributed by atoms with Crippen LogP contribution in [0.25, 0.3) is 0 Å². The van der Waals surface area contributed by atoms with Gasteiger partial charge in [0.15, 0.2) is 0 Å². The highest BCUT2D eigenvalue weighted by atomic mass is 19.1. The maximum Gasteiger partial charge on any atom is 0.337 e. The van der Waals surface area contributed by atoms with Gasteiger partial charge in [0.25, 0.3) is 0 Å². The minimum Gasteiger partial charge on any atom is -0.478 e. The maximum absolute atomic E-state index is 14.0. The van der Waals surface area contributed by atoms with Crippen LogP contribution in [0.15, 0.2) is 12.1 Å². The largest absolute Gasteiger partial charge is 0.478 e. The van der Waals surface area contributed by atoms with Gasteiger partial charge in [-0.05, 0) is 26.0 Å². The Balaban J connectivity index is 2.38. The minimum absolute atomic E-state index is 0.0334. The fourth-order valence-electron chi connectivity index (χ4n) is 2.38. The van der Waals surface area contributed by atoms with Crippen LogP contribution in [0.1, 0.15) is 24.2 Å². The van der Waals surface area contributed by atoms with E-state index in [0.717, 1.165) is 6.07 Å². The van der Waals surface area contributed by atoms with Gasteiger partial charge in [0, 0.05) is 18.8 Å². The Morgan fingerprint density at radius 3 is 2.53 bits per heavy atom. The minimum atomic E-state index is -1.16. The summed E-state index contributed by atoms with van der Waals surface area (Å²) in [5.41, 5.74) is 5.62. The molecule has 0 radical (unpaired) electrons. The number of ether oxygens (including phenoxy) is 1. The zero-order chi connectivity index (χ0) is 14.2. The van der Waals surface area contributed by atoms with Crippen molar-refractivity contribution >= 4 is 17.3 Å². The summed E-state index contributed by atoms with van der Waals surface area (Å²) < 4.78 is 19.6. The molecule has 1 heterocycles. The van der Waals surface area contributed by atoms with Crippen LogP contribution in [0, 0.1) is 5.82 Å². The molecule has 0 amide bonds. The number of nitrogen functional groups attached to an aromatic ring is 1. The van der Waals surface area contributed by atoms with Gasteiger partial charge >= 0.3 is 5.97 Å². The van der Waals surface area contributed by atoms with E-state index in [1.54, 1.807) is 4.90 Å². The van der Waals surface area contributed by atoms with E-state index in [4.69, 9.17) is 15.6 Å². The molecule has 104 valence electrons. The van der Waals surface area contributed by atoms with Crippen molar-refractivity contribution < 1.29 is 19.0 Å². The van der Waals surface area contributed by atoms with Gasteiger partial charge in [-0.15, -0.1) is 0 Å². The van der Waals surface area contributed by atoms with E-state index >= 15 is 0 Å². The molecule has 1 aliphatic rings. The third-order valence-electron chi connectivity index (χ3n) is 3.11. The lowest BCUT2D eigenvalue weighted by atomic mass is 10.1. The summed E-state index contributed by atoms with van der Waals surface area (Å²) in [5.74, 6) is -1.67. The molecule has 1 aromatic rings. The molecule has 1 aliphatic heterocycles. The average molecular weight is 268 g/mol. The molecule has 1 saturated heterocycles. The lowest BCUT2D eigenvalue weighted by Gasteiger charge is -2.37. The van der Waals surface area contributed by atoms with Crippen LogP contribution in [0.3, 0.4) is 0 Å². The maximum atomic E-state index is 14.0. The molecule has 0 aromatic heterocycles. The molecule has 3 N–H and O–H groups in total. The second-order valence-electron chi connectivity index (χ2n) is 4.86. The van der Waals surface area contributed by atoms with Gasteiger partial charge in [-0.2, -0.15) is 0 Å². The summed E-state index contributed by atoms with van der Waals surface area (Å²) in [6.45, 7) is 4.83. The number of rotatable bonds is 2. The third-order valence-corrected chi connectivity index (χ3v) is 3.11. The Morgan fingerprint density at radius 2 is 2.00 bits per heavy atom. The molecule has 0 aliphatic carbocycles. The lowest BCUT2D eigenvalue weighted by Crippen LogP contribution is -2.45. The van der Waals surface area contributed by atoms with E-state index in [1.165, 1.54) is 6.07 Å². The van der Waals surface area contributed by atoms with Gasteiger partial charge in [0.2, 0.25) is 0 Å². The van der Waals surface area contributed by atoms with Gasteiger partial charge < -0.3 is 20.5 Å². The van der Waals surface area contributed by atoms with Crippen LogP contribution in [0.4, 0.5) is 15.8 Å². The van der Waals surface area contributed by atoms with E-state index in [0.29, 0.717) is 13.1 Å². The van der Waals surface area contributed by atoms with Crippen LogP contribution in [0.2, 0.25) is 0 Å². The van der Waals surface area contributed by atoms with Gasteiger partial charge in [0.1, 0.15) is 5.82 Å². The Hall–Kier alpha value is -1.82. The predicted molar refractivity (Wildman–Crippen MR) is 70.0 cm³/mol. The van der Waals surface area contributed by atoms with Crippen molar-refractivity contribution in [1.29, 1.82) is 0 Å². The summed E-state index contributed by atoms with van der Waals surface area (Å²) >= 11 is 0. The zero-order valence-electron chi connectivity index (χ0n) is 10.9. The van der Waals surface area contributed by atoms with Gasteiger partial charge in [-0.3, -0.25) is 0 Å². The number of benzene rings is 1. The normalized spacial score (nSPS) is 23.4. The number of anilines is 2. The summed E-state index contributed by atoms with van der Waals surface area (Å²) in [4.78, 5) is 12.8. The predicted octanol–water partition coefficient (Wildman–Crippen LogP) is 1.72. The SMILES string of the molecule is CC1CN(c2cc(C(=O)O)c(N)cc2F)CC(C)O1. The number of carboxylic acid groups (broad SMARTS) is 1. The van der Waals surface area contributed by atoms with Crippen LogP contribution >= 0.6 is 0 Å². The Morgan fingerprint density at radius 1 is 1.42 bits per heavy atom. The van der Waals surface area contributed by atoms with Crippen LogP contribution < -0.4 is 10.6 Å². The fourth-order valence-corrected chi connectivity index (χ4v) is 2.38. The number of hydrogen-bond acceptors (Lipinski definition) is 4. The molecule has 0 bridgehead atoms. The quantitative estimate of drug-likeness (QED) is 0.799. The molecule has 2 rings (SSSR count). The van der Waals surface area contributed by atoms with E-state index in [9.17, 15) is 9.18 Å². The number of halogens is 1. The molecule has 0 saturated carbocycles. The number of carboxylic acids is 1. The monoisotopic (exact) mass is 268 g/mol. The highest BCUT2D eigenvalue weighted by Gasteiger charge is 2.25. The van der Waals surface area contributed by atoms with Crippen molar-refractivity contribution in [3.8, 4) is 0 Å². The van der Waals surface area contributed by atoms with Crippen molar-refractivity contribution in [2.24, 2.45) is 0 Å². The molecule has 1 aromatic carbocycles. The molecule has 2 unspecified atom stereocenters. The molecule has 1 fully saturated rings. The Bertz CT molecular complexity index is 497. The van der Waals surface area contributed by atoms with Crippen LogP contribution in [-0.2, 0) is 4.74 Å². The van der Waals surface area contributed by atoms with Crippen molar-refractivity contribution in [1.82, 2.24) is 0 Å². The third kappa shape index (κ3) is 2.78. The van der Waals surface area contributed by atoms with Gasteiger partial charge in [-0.25, -0.2) is 9.18 Å². The summed E-state index contributed by atoms with van der Waals surface area (Å²) in [6.07, 6.45) is -0.0667. The molecule has 6 heteroatoms. The van der Waals surface area contributed by atoms with Gasteiger partial charge in [-0.1, -0.05) is 0 Å². The number of morpholine rings is 1. The first kappa shape index (κ1) is 13.6. The highest BCUT2D eigenvalue weighted by molar-refractivity contribution is 5.95. The Labute approximate surface area is 110 Å².